The average molecular weight is 335 g/mol. The van der Waals surface area contributed by atoms with Crippen molar-refractivity contribution < 1.29 is 22.8 Å². The van der Waals surface area contributed by atoms with Gasteiger partial charge in [0.15, 0.2) is 17.5 Å². The number of rotatable bonds is 2. The lowest BCUT2D eigenvalue weighted by Gasteiger charge is -2.41. The number of aliphatic imine (C=N–C) groups is 1. The number of carbonyl (C=O) groups is 2. The SMILES string of the molecule is CC1(C(=O)Nc2ccc(F)c(F)c2F)CC(=O)N=C2C=CC=CN21. The summed E-state index contributed by atoms with van der Waals surface area (Å²) < 4.78 is 40.1. The lowest BCUT2D eigenvalue weighted by atomic mass is 9.91. The van der Waals surface area contributed by atoms with E-state index >= 15 is 0 Å². The molecule has 8 heteroatoms. The minimum atomic E-state index is -1.68. The van der Waals surface area contributed by atoms with Crippen molar-refractivity contribution in [2.75, 3.05) is 5.32 Å². The fourth-order valence-electron chi connectivity index (χ4n) is 2.56. The van der Waals surface area contributed by atoms with Crippen molar-refractivity contribution in [3.05, 3.63) is 54.0 Å². The van der Waals surface area contributed by atoms with Gasteiger partial charge in [-0.25, -0.2) is 13.2 Å². The van der Waals surface area contributed by atoms with Crippen LogP contribution in [0.3, 0.4) is 0 Å². The molecule has 2 heterocycles. The van der Waals surface area contributed by atoms with Gasteiger partial charge in [0.1, 0.15) is 11.4 Å². The molecule has 1 aromatic rings. The molecule has 3 rings (SSSR count). The van der Waals surface area contributed by atoms with Gasteiger partial charge in [-0.2, -0.15) is 4.99 Å². The molecule has 0 bridgehead atoms. The molecule has 0 radical (unpaired) electrons. The van der Waals surface area contributed by atoms with Crippen molar-refractivity contribution in [3.8, 4) is 0 Å². The van der Waals surface area contributed by atoms with Gasteiger partial charge in [-0.05, 0) is 31.2 Å². The second-order valence-corrected chi connectivity index (χ2v) is 5.56. The number of anilines is 1. The van der Waals surface area contributed by atoms with Crippen molar-refractivity contribution in [2.24, 2.45) is 4.99 Å². The molecule has 124 valence electrons. The lowest BCUT2D eigenvalue weighted by molar-refractivity contribution is -0.130. The van der Waals surface area contributed by atoms with Crippen molar-refractivity contribution in [2.45, 2.75) is 18.9 Å². The van der Waals surface area contributed by atoms with E-state index in [0.29, 0.717) is 6.07 Å². The Morgan fingerprint density at radius 3 is 2.75 bits per heavy atom. The number of allylic oxidation sites excluding steroid dienone is 2. The summed E-state index contributed by atoms with van der Waals surface area (Å²) in [5.74, 6) is -5.52. The first kappa shape index (κ1) is 16.0. The molecule has 0 aromatic heterocycles. The molecule has 5 nitrogen and oxygen atoms in total. The number of amides is 2. The normalized spacial score (nSPS) is 22.2. The van der Waals surface area contributed by atoms with Crippen molar-refractivity contribution in [1.29, 1.82) is 0 Å². The van der Waals surface area contributed by atoms with Crippen LogP contribution in [0.1, 0.15) is 13.3 Å². The molecule has 1 unspecified atom stereocenters. The van der Waals surface area contributed by atoms with Crippen LogP contribution in [-0.2, 0) is 9.59 Å². The number of nitrogens with one attached hydrogen (secondary N) is 1. The second kappa shape index (κ2) is 5.63. The largest absolute Gasteiger partial charge is 0.321 e. The molecule has 0 saturated heterocycles. The zero-order chi connectivity index (χ0) is 17.5. The first-order valence-corrected chi connectivity index (χ1v) is 7.03. The number of fused-ring (bicyclic) bond motifs is 1. The Hall–Kier alpha value is -2.90. The first-order chi connectivity index (χ1) is 11.3. The maximum absolute atomic E-state index is 13.8. The molecule has 0 fully saturated rings. The number of benzene rings is 1. The molecule has 2 amide bonds. The van der Waals surface area contributed by atoms with E-state index in [-0.39, 0.29) is 12.3 Å². The van der Waals surface area contributed by atoms with Gasteiger partial charge < -0.3 is 10.2 Å². The topological polar surface area (TPSA) is 61.8 Å². The molecule has 2 aliphatic rings. The molecular weight excluding hydrogens is 323 g/mol. The highest BCUT2D eigenvalue weighted by Gasteiger charge is 2.45. The number of amidine groups is 1. The van der Waals surface area contributed by atoms with Gasteiger partial charge in [0.2, 0.25) is 0 Å². The predicted octanol–water partition coefficient (Wildman–Crippen LogP) is 2.52. The van der Waals surface area contributed by atoms with Crippen LogP contribution in [0.5, 0.6) is 0 Å². The average Bonchev–Trinajstić information content (AvgIpc) is 2.55. The maximum Gasteiger partial charge on any atom is 0.250 e. The summed E-state index contributed by atoms with van der Waals surface area (Å²) in [5.41, 5.74) is -1.89. The van der Waals surface area contributed by atoms with E-state index in [1.807, 2.05) is 0 Å². The van der Waals surface area contributed by atoms with Gasteiger partial charge in [-0.15, -0.1) is 0 Å². The van der Waals surface area contributed by atoms with Gasteiger partial charge in [0, 0.05) is 6.20 Å². The number of carbonyl (C=O) groups excluding carboxylic acids is 2. The van der Waals surface area contributed by atoms with Gasteiger partial charge in [-0.3, -0.25) is 9.59 Å². The quantitative estimate of drug-likeness (QED) is 0.845. The highest BCUT2D eigenvalue weighted by Crippen LogP contribution is 2.30. The highest BCUT2D eigenvalue weighted by molar-refractivity contribution is 6.11. The van der Waals surface area contributed by atoms with Gasteiger partial charge in [-0.1, -0.05) is 6.08 Å². The van der Waals surface area contributed by atoms with E-state index in [1.54, 1.807) is 24.4 Å². The van der Waals surface area contributed by atoms with Crippen molar-refractivity contribution in [1.82, 2.24) is 4.90 Å². The summed E-state index contributed by atoms with van der Waals surface area (Å²) >= 11 is 0. The standard InChI is InChI=1S/C16H12F3N3O2/c1-16(8-12(23)21-11-4-2-3-7-22(11)16)15(24)20-10-6-5-9(17)13(18)14(10)19/h2-7H,8H2,1H3,(H,20,24). The second-order valence-electron chi connectivity index (χ2n) is 5.56. The van der Waals surface area contributed by atoms with Gasteiger partial charge >= 0.3 is 0 Å². The minimum Gasteiger partial charge on any atom is -0.321 e. The fourth-order valence-corrected chi connectivity index (χ4v) is 2.56. The Bertz CT molecular complexity index is 832. The van der Waals surface area contributed by atoms with E-state index in [4.69, 9.17) is 0 Å². The number of halogens is 3. The Morgan fingerprint density at radius 2 is 2.00 bits per heavy atom. The number of hydrogen-bond acceptors (Lipinski definition) is 3. The summed E-state index contributed by atoms with van der Waals surface area (Å²) in [4.78, 5) is 29.8. The molecule has 0 spiro atoms. The molecular formula is C16H12F3N3O2. The van der Waals surface area contributed by atoms with Gasteiger partial charge in [0.05, 0.1) is 12.1 Å². The zero-order valence-corrected chi connectivity index (χ0v) is 12.5. The van der Waals surface area contributed by atoms with Crippen LogP contribution in [0.4, 0.5) is 18.9 Å². The Balaban J connectivity index is 1.93. The van der Waals surface area contributed by atoms with Crippen LogP contribution in [0, 0.1) is 17.5 Å². The van der Waals surface area contributed by atoms with E-state index in [2.05, 4.69) is 10.3 Å². The lowest BCUT2D eigenvalue weighted by Crippen LogP contribution is -2.58. The van der Waals surface area contributed by atoms with E-state index < -0.39 is 40.5 Å². The Morgan fingerprint density at radius 1 is 1.25 bits per heavy atom. The summed E-state index contributed by atoms with van der Waals surface area (Å²) in [6, 6.07) is 1.62. The van der Waals surface area contributed by atoms with Crippen LogP contribution in [-0.4, -0.2) is 28.1 Å². The first-order valence-electron chi connectivity index (χ1n) is 7.03. The van der Waals surface area contributed by atoms with Crippen LogP contribution in [0.25, 0.3) is 0 Å². The molecule has 0 saturated carbocycles. The predicted molar refractivity (Wildman–Crippen MR) is 80.5 cm³/mol. The maximum atomic E-state index is 13.8. The van der Waals surface area contributed by atoms with Crippen LogP contribution in [0.15, 0.2) is 41.6 Å². The highest BCUT2D eigenvalue weighted by atomic mass is 19.2. The summed E-state index contributed by atoms with van der Waals surface area (Å²) in [5, 5.41) is 2.21. The molecule has 2 aliphatic heterocycles. The molecule has 24 heavy (non-hydrogen) atoms. The van der Waals surface area contributed by atoms with E-state index in [9.17, 15) is 22.8 Å². The van der Waals surface area contributed by atoms with Crippen LogP contribution in [0.2, 0.25) is 0 Å². The zero-order valence-electron chi connectivity index (χ0n) is 12.5. The molecule has 1 aromatic carbocycles. The van der Waals surface area contributed by atoms with Crippen molar-refractivity contribution >= 4 is 23.3 Å². The monoisotopic (exact) mass is 335 g/mol. The summed E-state index contributed by atoms with van der Waals surface area (Å²) in [6.45, 7) is 1.48. The third kappa shape index (κ3) is 2.49. The van der Waals surface area contributed by atoms with E-state index in [0.717, 1.165) is 6.07 Å². The Labute approximate surface area is 135 Å². The number of hydrogen-bond donors (Lipinski definition) is 1. The van der Waals surface area contributed by atoms with Crippen LogP contribution >= 0.6 is 0 Å². The summed E-state index contributed by atoms with van der Waals surface area (Å²) in [6.07, 6.45) is 6.18. The molecule has 1 N–H and O–H groups in total. The van der Waals surface area contributed by atoms with Crippen LogP contribution < -0.4 is 5.32 Å². The van der Waals surface area contributed by atoms with E-state index in [1.165, 1.54) is 11.8 Å². The molecule has 0 aliphatic carbocycles. The fraction of sp³-hybridized carbons (Fsp3) is 0.188. The van der Waals surface area contributed by atoms with Gasteiger partial charge in [0.25, 0.3) is 11.8 Å². The summed E-state index contributed by atoms with van der Waals surface area (Å²) in [7, 11) is 0. The smallest absolute Gasteiger partial charge is 0.250 e. The minimum absolute atomic E-state index is 0.244. The molecule has 1 atom stereocenters. The van der Waals surface area contributed by atoms with Crippen molar-refractivity contribution in [3.63, 3.8) is 0 Å². The third-order valence-corrected chi connectivity index (χ3v) is 3.88. The number of nitrogens with zero attached hydrogens (tertiary/aromatic N) is 2. The third-order valence-electron chi connectivity index (χ3n) is 3.88. The Kier molecular flexibility index (Phi) is 3.75.